The van der Waals surface area contributed by atoms with Crippen molar-refractivity contribution in [1.82, 2.24) is 0 Å². The average molecular weight is 283 g/mol. The number of allylic oxidation sites excluding steroid dienone is 1. The molecule has 0 heterocycles. The minimum Gasteiger partial charge on any atom is -0.497 e. The Kier molecular flexibility index (Phi) is 6.43. The number of rotatable bonds is 7. The van der Waals surface area contributed by atoms with Crippen molar-refractivity contribution < 1.29 is 14.6 Å². The van der Waals surface area contributed by atoms with Crippen LogP contribution in [0.3, 0.4) is 0 Å². The first-order valence-electron chi connectivity index (χ1n) is 6.22. The number of hydrogen-bond donors (Lipinski definition) is 1. The molecule has 1 rings (SSSR count). The fraction of sp³-hybridized carbons (Fsp3) is 0.400. The second-order valence-corrected chi connectivity index (χ2v) is 4.58. The molecule has 3 nitrogen and oxygen atoms in total. The SMILES string of the molecule is CC/C(=C\[C@H](Cc1ccc(OC)cc1)C(=O)O)CCl. The number of ether oxygens (including phenoxy) is 1. The van der Waals surface area contributed by atoms with Crippen LogP contribution < -0.4 is 4.74 Å². The standard InChI is InChI=1S/C15H19ClO3/c1-3-11(10-16)8-13(15(17)18)9-12-4-6-14(19-2)7-5-12/h4-8,13H,3,9-10H2,1-2H3,(H,17,18)/b11-8+/t13-/m1/s1. The number of methoxy groups -OCH3 is 1. The molecule has 19 heavy (non-hydrogen) atoms. The third-order valence-corrected chi connectivity index (χ3v) is 3.34. The van der Waals surface area contributed by atoms with Crippen LogP contribution in [0, 0.1) is 5.92 Å². The molecular formula is C15H19ClO3. The van der Waals surface area contributed by atoms with Crippen LogP contribution in [-0.2, 0) is 11.2 Å². The third kappa shape index (κ3) is 4.95. The maximum atomic E-state index is 11.3. The Balaban J connectivity index is 2.83. The quantitative estimate of drug-likeness (QED) is 0.615. The number of carboxylic acids is 1. The fourth-order valence-electron chi connectivity index (χ4n) is 1.77. The van der Waals surface area contributed by atoms with Crippen molar-refractivity contribution in [2.75, 3.05) is 13.0 Å². The summed E-state index contributed by atoms with van der Waals surface area (Å²) < 4.78 is 5.08. The molecule has 0 spiro atoms. The highest BCUT2D eigenvalue weighted by Gasteiger charge is 2.16. The Bertz CT molecular complexity index is 431. The molecule has 0 amide bonds. The maximum absolute atomic E-state index is 11.3. The van der Waals surface area contributed by atoms with Crippen LogP contribution >= 0.6 is 11.6 Å². The van der Waals surface area contributed by atoms with Crippen LogP contribution in [0.2, 0.25) is 0 Å². The topological polar surface area (TPSA) is 46.5 Å². The fourth-order valence-corrected chi connectivity index (χ4v) is 2.05. The summed E-state index contributed by atoms with van der Waals surface area (Å²) in [5.41, 5.74) is 1.93. The van der Waals surface area contributed by atoms with E-state index < -0.39 is 11.9 Å². The Morgan fingerprint density at radius 2 is 2.05 bits per heavy atom. The molecule has 4 heteroatoms. The molecule has 0 fully saturated rings. The largest absolute Gasteiger partial charge is 0.497 e. The second kappa shape index (κ2) is 7.85. The van der Waals surface area contributed by atoms with Gasteiger partial charge in [0.25, 0.3) is 0 Å². The van der Waals surface area contributed by atoms with E-state index in [2.05, 4.69) is 0 Å². The first kappa shape index (κ1) is 15.6. The first-order chi connectivity index (χ1) is 9.10. The van der Waals surface area contributed by atoms with Crippen molar-refractivity contribution in [3.05, 3.63) is 41.5 Å². The molecule has 0 saturated heterocycles. The van der Waals surface area contributed by atoms with Gasteiger partial charge in [-0.25, -0.2) is 0 Å². The van der Waals surface area contributed by atoms with E-state index in [4.69, 9.17) is 16.3 Å². The van der Waals surface area contributed by atoms with E-state index >= 15 is 0 Å². The summed E-state index contributed by atoms with van der Waals surface area (Å²) in [6.45, 7) is 1.97. The molecule has 0 bridgehead atoms. The first-order valence-corrected chi connectivity index (χ1v) is 6.75. The molecule has 1 aromatic rings. The smallest absolute Gasteiger partial charge is 0.310 e. The van der Waals surface area contributed by atoms with E-state index in [9.17, 15) is 9.90 Å². The number of aliphatic carboxylic acids is 1. The van der Waals surface area contributed by atoms with Gasteiger partial charge in [0.2, 0.25) is 0 Å². The lowest BCUT2D eigenvalue weighted by molar-refractivity contribution is -0.140. The monoisotopic (exact) mass is 282 g/mol. The predicted molar refractivity (Wildman–Crippen MR) is 76.9 cm³/mol. The van der Waals surface area contributed by atoms with E-state index in [1.807, 2.05) is 31.2 Å². The van der Waals surface area contributed by atoms with Crippen LogP contribution in [0.5, 0.6) is 5.75 Å². The van der Waals surface area contributed by atoms with Gasteiger partial charge in [0.1, 0.15) is 5.75 Å². The van der Waals surface area contributed by atoms with Crippen molar-refractivity contribution in [3.63, 3.8) is 0 Å². The molecule has 0 aliphatic carbocycles. The highest BCUT2D eigenvalue weighted by atomic mass is 35.5. The predicted octanol–water partition coefficient (Wildman–Crippen LogP) is 3.51. The van der Waals surface area contributed by atoms with Crippen LogP contribution in [0.4, 0.5) is 0 Å². The Morgan fingerprint density at radius 1 is 1.42 bits per heavy atom. The summed E-state index contributed by atoms with van der Waals surface area (Å²) in [6, 6.07) is 7.43. The number of hydrogen-bond acceptors (Lipinski definition) is 2. The zero-order valence-corrected chi connectivity index (χ0v) is 12.0. The third-order valence-electron chi connectivity index (χ3n) is 2.99. The summed E-state index contributed by atoms with van der Waals surface area (Å²) in [5, 5.41) is 9.26. The van der Waals surface area contributed by atoms with E-state index in [1.54, 1.807) is 13.2 Å². The Labute approximate surface area is 118 Å². The molecule has 0 unspecified atom stereocenters. The van der Waals surface area contributed by atoms with Gasteiger partial charge in [0.05, 0.1) is 13.0 Å². The zero-order chi connectivity index (χ0) is 14.3. The molecule has 1 atom stereocenters. The van der Waals surface area contributed by atoms with E-state index in [0.29, 0.717) is 12.3 Å². The lowest BCUT2D eigenvalue weighted by Gasteiger charge is -2.10. The molecule has 0 radical (unpaired) electrons. The summed E-state index contributed by atoms with van der Waals surface area (Å²) >= 11 is 5.78. The number of carboxylic acid groups (broad SMARTS) is 1. The van der Waals surface area contributed by atoms with E-state index in [1.165, 1.54) is 0 Å². The lowest BCUT2D eigenvalue weighted by atomic mass is 9.96. The number of benzene rings is 1. The average Bonchev–Trinajstić information content (AvgIpc) is 2.43. The van der Waals surface area contributed by atoms with Gasteiger partial charge in [-0.2, -0.15) is 0 Å². The van der Waals surface area contributed by atoms with Crippen LogP contribution in [-0.4, -0.2) is 24.1 Å². The molecule has 1 aromatic carbocycles. The highest BCUT2D eigenvalue weighted by Crippen LogP contribution is 2.18. The minimum absolute atomic E-state index is 0.378. The lowest BCUT2D eigenvalue weighted by Crippen LogP contribution is -2.15. The molecule has 1 N–H and O–H groups in total. The van der Waals surface area contributed by atoms with Gasteiger partial charge >= 0.3 is 5.97 Å². The Hall–Kier alpha value is -1.48. The number of halogens is 1. The molecule has 0 saturated carbocycles. The summed E-state index contributed by atoms with van der Waals surface area (Å²) in [6.07, 6.45) is 3.00. The second-order valence-electron chi connectivity index (χ2n) is 4.31. The molecule has 0 aromatic heterocycles. The van der Waals surface area contributed by atoms with Crippen molar-refractivity contribution >= 4 is 17.6 Å². The molecule has 0 aliphatic heterocycles. The Morgan fingerprint density at radius 3 is 2.47 bits per heavy atom. The van der Waals surface area contributed by atoms with Gasteiger partial charge in [0, 0.05) is 5.88 Å². The van der Waals surface area contributed by atoms with Crippen molar-refractivity contribution in [1.29, 1.82) is 0 Å². The minimum atomic E-state index is -0.827. The molecule has 0 aliphatic rings. The summed E-state index contributed by atoms with van der Waals surface area (Å²) in [4.78, 5) is 11.3. The van der Waals surface area contributed by atoms with E-state index in [-0.39, 0.29) is 0 Å². The van der Waals surface area contributed by atoms with Crippen LogP contribution in [0.25, 0.3) is 0 Å². The van der Waals surface area contributed by atoms with Crippen molar-refractivity contribution in [2.24, 2.45) is 5.92 Å². The van der Waals surface area contributed by atoms with Crippen LogP contribution in [0.1, 0.15) is 18.9 Å². The van der Waals surface area contributed by atoms with Crippen molar-refractivity contribution in [3.8, 4) is 5.75 Å². The van der Waals surface area contributed by atoms with Gasteiger partial charge in [-0.15, -0.1) is 11.6 Å². The van der Waals surface area contributed by atoms with Gasteiger partial charge in [-0.1, -0.05) is 30.7 Å². The number of alkyl halides is 1. The van der Waals surface area contributed by atoms with E-state index in [0.717, 1.165) is 23.3 Å². The zero-order valence-electron chi connectivity index (χ0n) is 11.2. The van der Waals surface area contributed by atoms with Crippen LogP contribution in [0.15, 0.2) is 35.9 Å². The summed E-state index contributed by atoms with van der Waals surface area (Å²) in [7, 11) is 1.60. The summed E-state index contributed by atoms with van der Waals surface area (Å²) in [5.74, 6) is -0.224. The highest BCUT2D eigenvalue weighted by molar-refractivity contribution is 6.19. The normalized spacial score (nSPS) is 13.1. The van der Waals surface area contributed by atoms with Gasteiger partial charge in [0.15, 0.2) is 0 Å². The van der Waals surface area contributed by atoms with Crippen molar-refractivity contribution in [2.45, 2.75) is 19.8 Å². The maximum Gasteiger partial charge on any atom is 0.310 e. The van der Waals surface area contributed by atoms with Gasteiger partial charge in [-0.05, 0) is 30.5 Å². The molecule has 104 valence electrons. The molecular weight excluding hydrogens is 264 g/mol. The van der Waals surface area contributed by atoms with Gasteiger partial charge in [-0.3, -0.25) is 4.79 Å². The van der Waals surface area contributed by atoms with Gasteiger partial charge < -0.3 is 9.84 Å². The number of carbonyl (C=O) groups is 1.